The summed E-state index contributed by atoms with van der Waals surface area (Å²) in [5.74, 6) is 0.253. The van der Waals surface area contributed by atoms with Gasteiger partial charge in [0.2, 0.25) is 5.91 Å². The molecule has 7 heteroatoms. The van der Waals surface area contributed by atoms with Gasteiger partial charge in [0.1, 0.15) is 5.75 Å². The van der Waals surface area contributed by atoms with E-state index in [1.165, 1.54) is 0 Å². The zero-order valence-electron chi connectivity index (χ0n) is 17.0. The molecule has 0 aliphatic heterocycles. The molecule has 0 aliphatic carbocycles. The van der Waals surface area contributed by atoms with Gasteiger partial charge in [0.25, 0.3) is 5.91 Å². The van der Waals surface area contributed by atoms with Crippen molar-refractivity contribution in [1.82, 2.24) is 0 Å². The molecule has 0 aromatic heterocycles. The van der Waals surface area contributed by atoms with Gasteiger partial charge in [-0.2, -0.15) is 5.26 Å². The van der Waals surface area contributed by atoms with Crippen molar-refractivity contribution in [1.29, 1.82) is 5.26 Å². The van der Waals surface area contributed by atoms with Crippen molar-refractivity contribution in [3.63, 3.8) is 0 Å². The molecular weight excluding hydrogens is 392 g/mol. The van der Waals surface area contributed by atoms with Crippen molar-refractivity contribution >= 4 is 28.9 Å². The highest BCUT2D eigenvalue weighted by Gasteiger charge is 2.08. The number of nitrogens with one attached hydrogen (secondary N) is 3. The Morgan fingerprint density at radius 3 is 2.26 bits per heavy atom. The van der Waals surface area contributed by atoms with E-state index < -0.39 is 0 Å². The number of amides is 2. The van der Waals surface area contributed by atoms with E-state index in [2.05, 4.69) is 22.0 Å². The van der Waals surface area contributed by atoms with E-state index in [0.717, 1.165) is 5.75 Å². The summed E-state index contributed by atoms with van der Waals surface area (Å²) in [6.45, 7) is 2.54. The lowest BCUT2D eigenvalue weighted by molar-refractivity contribution is -0.114. The molecule has 31 heavy (non-hydrogen) atoms. The van der Waals surface area contributed by atoms with Crippen molar-refractivity contribution in [2.45, 2.75) is 6.92 Å². The third-order valence-corrected chi connectivity index (χ3v) is 4.30. The number of nitrogens with zero attached hydrogens (tertiary/aromatic N) is 1. The Morgan fingerprint density at radius 2 is 1.58 bits per heavy atom. The van der Waals surface area contributed by atoms with Gasteiger partial charge in [0.05, 0.1) is 24.8 Å². The summed E-state index contributed by atoms with van der Waals surface area (Å²) in [4.78, 5) is 24.6. The largest absolute Gasteiger partial charge is 0.494 e. The fourth-order valence-corrected chi connectivity index (χ4v) is 2.80. The van der Waals surface area contributed by atoms with E-state index in [1.54, 1.807) is 72.8 Å². The number of rotatable bonds is 8. The molecule has 0 spiro atoms. The molecule has 3 aromatic rings. The van der Waals surface area contributed by atoms with Crippen molar-refractivity contribution in [3.8, 4) is 11.8 Å². The standard InChI is InChI=1S/C24H22N4O3/c1-2-31-22-12-10-20(11-13-22)28-24(30)18-6-8-19(9-7-18)27-23(29)16-26-21-5-3-4-17(14-21)15-25/h3-14,26H,2,16H2,1H3,(H,27,29)(H,28,30). The monoisotopic (exact) mass is 414 g/mol. The zero-order chi connectivity index (χ0) is 22.1. The molecule has 0 bridgehead atoms. The molecule has 0 fully saturated rings. The molecule has 0 heterocycles. The van der Waals surface area contributed by atoms with Crippen LogP contribution in [-0.4, -0.2) is 25.0 Å². The van der Waals surface area contributed by atoms with Crippen LogP contribution in [0.15, 0.2) is 72.8 Å². The smallest absolute Gasteiger partial charge is 0.255 e. The zero-order valence-corrected chi connectivity index (χ0v) is 17.0. The summed E-state index contributed by atoms with van der Waals surface area (Å²) in [6.07, 6.45) is 0. The first-order valence-corrected chi connectivity index (χ1v) is 9.75. The van der Waals surface area contributed by atoms with E-state index in [1.807, 2.05) is 6.92 Å². The fourth-order valence-electron chi connectivity index (χ4n) is 2.80. The average Bonchev–Trinajstić information content (AvgIpc) is 2.80. The van der Waals surface area contributed by atoms with Crippen LogP contribution < -0.4 is 20.7 Å². The Balaban J connectivity index is 1.51. The molecule has 0 saturated carbocycles. The second kappa shape index (κ2) is 10.5. The minimum atomic E-state index is -0.249. The van der Waals surface area contributed by atoms with Crippen molar-refractivity contribution in [3.05, 3.63) is 83.9 Å². The summed E-state index contributed by atoms with van der Waals surface area (Å²) in [7, 11) is 0. The predicted molar refractivity (Wildman–Crippen MR) is 120 cm³/mol. The highest BCUT2D eigenvalue weighted by molar-refractivity contribution is 6.04. The predicted octanol–water partition coefficient (Wildman–Crippen LogP) is 4.26. The minimum Gasteiger partial charge on any atom is -0.494 e. The number of hydrogen-bond donors (Lipinski definition) is 3. The molecule has 0 saturated heterocycles. The third-order valence-electron chi connectivity index (χ3n) is 4.30. The van der Waals surface area contributed by atoms with Gasteiger partial charge in [-0.3, -0.25) is 9.59 Å². The van der Waals surface area contributed by atoms with E-state index in [0.29, 0.717) is 34.8 Å². The summed E-state index contributed by atoms with van der Waals surface area (Å²) < 4.78 is 5.38. The first-order valence-electron chi connectivity index (χ1n) is 9.75. The lowest BCUT2D eigenvalue weighted by Gasteiger charge is -2.09. The van der Waals surface area contributed by atoms with E-state index in [4.69, 9.17) is 10.00 Å². The Bertz CT molecular complexity index is 1090. The Hall–Kier alpha value is -4.31. The number of carbonyl (C=O) groups excluding carboxylic acids is 2. The molecule has 156 valence electrons. The SMILES string of the molecule is CCOc1ccc(NC(=O)c2ccc(NC(=O)CNc3cccc(C#N)c3)cc2)cc1. The number of hydrogen-bond acceptors (Lipinski definition) is 5. The lowest BCUT2D eigenvalue weighted by Crippen LogP contribution is -2.21. The summed E-state index contributed by atoms with van der Waals surface area (Å²) in [5.41, 5.74) is 2.92. The topological polar surface area (TPSA) is 103 Å². The maximum atomic E-state index is 12.4. The highest BCUT2D eigenvalue weighted by atomic mass is 16.5. The Kier molecular flexibility index (Phi) is 7.22. The van der Waals surface area contributed by atoms with E-state index in [-0.39, 0.29) is 18.4 Å². The van der Waals surface area contributed by atoms with Gasteiger partial charge in [0.15, 0.2) is 0 Å². The maximum Gasteiger partial charge on any atom is 0.255 e. The van der Waals surface area contributed by atoms with Gasteiger partial charge in [-0.15, -0.1) is 0 Å². The van der Waals surface area contributed by atoms with Gasteiger partial charge in [0, 0.05) is 22.6 Å². The molecule has 7 nitrogen and oxygen atoms in total. The molecule has 0 unspecified atom stereocenters. The molecule has 0 atom stereocenters. The third kappa shape index (κ3) is 6.34. The Morgan fingerprint density at radius 1 is 0.903 bits per heavy atom. The molecular formula is C24H22N4O3. The number of nitriles is 1. The van der Waals surface area contributed by atoms with E-state index in [9.17, 15) is 9.59 Å². The molecule has 3 N–H and O–H groups in total. The Labute approximate surface area is 180 Å². The summed E-state index contributed by atoms with van der Waals surface area (Å²) in [6, 6.07) is 22.7. The number of ether oxygens (including phenoxy) is 1. The second-order valence-corrected chi connectivity index (χ2v) is 6.58. The van der Waals surface area contributed by atoms with Crippen molar-refractivity contribution < 1.29 is 14.3 Å². The first-order chi connectivity index (χ1) is 15.1. The van der Waals surface area contributed by atoms with Crippen molar-refractivity contribution in [2.75, 3.05) is 29.1 Å². The first kappa shape index (κ1) is 21.4. The van der Waals surface area contributed by atoms with E-state index >= 15 is 0 Å². The second-order valence-electron chi connectivity index (χ2n) is 6.58. The average molecular weight is 414 g/mol. The van der Waals surface area contributed by atoms with Crippen molar-refractivity contribution in [2.24, 2.45) is 0 Å². The van der Waals surface area contributed by atoms with Crippen LogP contribution in [0.2, 0.25) is 0 Å². The van der Waals surface area contributed by atoms with Gasteiger partial charge in [-0.1, -0.05) is 6.07 Å². The number of carbonyl (C=O) groups is 2. The van der Waals surface area contributed by atoms with Crippen LogP contribution in [0.25, 0.3) is 0 Å². The van der Waals surface area contributed by atoms with Crippen LogP contribution in [0, 0.1) is 11.3 Å². The maximum absolute atomic E-state index is 12.4. The normalized spacial score (nSPS) is 9.94. The molecule has 0 radical (unpaired) electrons. The number of benzene rings is 3. The van der Waals surface area contributed by atoms with Crippen LogP contribution in [0.3, 0.4) is 0 Å². The highest BCUT2D eigenvalue weighted by Crippen LogP contribution is 2.17. The van der Waals surface area contributed by atoms with Gasteiger partial charge < -0.3 is 20.7 Å². The van der Waals surface area contributed by atoms with Gasteiger partial charge in [-0.25, -0.2) is 0 Å². The van der Waals surface area contributed by atoms with Crippen LogP contribution in [0.1, 0.15) is 22.8 Å². The summed E-state index contributed by atoms with van der Waals surface area (Å²) >= 11 is 0. The minimum absolute atomic E-state index is 0.0505. The van der Waals surface area contributed by atoms with Crippen LogP contribution >= 0.6 is 0 Å². The lowest BCUT2D eigenvalue weighted by atomic mass is 10.2. The van der Waals surface area contributed by atoms with Gasteiger partial charge >= 0.3 is 0 Å². The fraction of sp³-hybridized carbons (Fsp3) is 0.125. The molecule has 0 aliphatic rings. The molecule has 2 amide bonds. The van der Waals surface area contributed by atoms with Crippen LogP contribution in [0.5, 0.6) is 5.75 Å². The van der Waals surface area contributed by atoms with Crippen LogP contribution in [-0.2, 0) is 4.79 Å². The quantitative estimate of drug-likeness (QED) is 0.511. The van der Waals surface area contributed by atoms with Gasteiger partial charge in [-0.05, 0) is 73.7 Å². The van der Waals surface area contributed by atoms with Crippen LogP contribution in [0.4, 0.5) is 17.1 Å². The summed E-state index contributed by atoms with van der Waals surface area (Å²) in [5, 5.41) is 17.5. The number of anilines is 3. The molecule has 3 aromatic carbocycles. The molecule has 3 rings (SSSR count).